The van der Waals surface area contributed by atoms with E-state index < -0.39 is 5.97 Å². The number of carbonyl (C=O) groups is 3. The molecule has 7 nitrogen and oxygen atoms in total. The van der Waals surface area contributed by atoms with Crippen molar-refractivity contribution >= 4 is 51.9 Å². The van der Waals surface area contributed by atoms with Crippen LogP contribution in [0.25, 0.3) is 0 Å². The molecule has 2 aliphatic rings. The molecule has 2 amide bonds. The van der Waals surface area contributed by atoms with Gasteiger partial charge in [-0.1, -0.05) is 12.1 Å². The zero-order chi connectivity index (χ0) is 19.7. The van der Waals surface area contributed by atoms with Gasteiger partial charge in [0.1, 0.15) is 11.4 Å². The van der Waals surface area contributed by atoms with Gasteiger partial charge in [-0.3, -0.25) is 14.6 Å². The highest BCUT2D eigenvalue weighted by Crippen LogP contribution is 2.37. The van der Waals surface area contributed by atoms with E-state index in [0.717, 1.165) is 25.0 Å². The number of hydrogen-bond donors (Lipinski definition) is 1. The lowest BCUT2D eigenvalue weighted by Crippen LogP contribution is -2.41. The minimum Gasteiger partial charge on any atom is -0.465 e. The Bertz CT molecular complexity index is 981. The summed E-state index contributed by atoms with van der Waals surface area (Å²) in [4.78, 5) is 44.2. The predicted octanol–water partition coefficient (Wildman–Crippen LogP) is 3.39. The lowest BCUT2D eigenvalue weighted by Gasteiger charge is -2.24. The molecule has 0 radical (unpaired) electrons. The number of methoxy groups -OCH3 is 1. The quantitative estimate of drug-likeness (QED) is 0.801. The highest BCUT2D eigenvalue weighted by Gasteiger charge is 2.37. The molecule has 2 heterocycles. The van der Waals surface area contributed by atoms with Crippen LogP contribution < -0.4 is 10.2 Å². The number of rotatable bonds is 4. The molecule has 1 aliphatic carbocycles. The molecule has 8 heteroatoms. The minimum atomic E-state index is -0.509. The van der Waals surface area contributed by atoms with Crippen LogP contribution in [0.5, 0.6) is 0 Å². The van der Waals surface area contributed by atoms with Crippen LogP contribution in [-0.2, 0) is 14.3 Å². The number of para-hydroxylation sites is 2. The van der Waals surface area contributed by atoms with Gasteiger partial charge in [0.2, 0.25) is 11.8 Å². The van der Waals surface area contributed by atoms with Crippen molar-refractivity contribution in [3.8, 4) is 0 Å². The van der Waals surface area contributed by atoms with Gasteiger partial charge in [-0.05, 0) is 42.8 Å². The van der Waals surface area contributed by atoms with Crippen LogP contribution in [0.15, 0.2) is 40.7 Å². The van der Waals surface area contributed by atoms with Gasteiger partial charge < -0.3 is 15.0 Å². The molecule has 1 aromatic carbocycles. The number of benzene rings is 1. The number of thiophene rings is 1. The molecule has 0 spiro atoms. The van der Waals surface area contributed by atoms with E-state index >= 15 is 0 Å². The van der Waals surface area contributed by atoms with Gasteiger partial charge in [0.05, 0.1) is 30.1 Å². The van der Waals surface area contributed by atoms with E-state index in [9.17, 15) is 14.4 Å². The molecule has 1 fully saturated rings. The number of amides is 2. The van der Waals surface area contributed by atoms with Crippen molar-refractivity contribution in [3.05, 3.63) is 40.6 Å². The first-order valence-corrected chi connectivity index (χ1v) is 9.90. The van der Waals surface area contributed by atoms with Crippen LogP contribution in [0.4, 0.5) is 17.1 Å². The highest BCUT2D eigenvalue weighted by atomic mass is 32.1. The molecular weight excluding hydrogens is 378 g/mol. The highest BCUT2D eigenvalue weighted by molar-refractivity contribution is 7.12. The average molecular weight is 397 g/mol. The first kappa shape index (κ1) is 18.4. The van der Waals surface area contributed by atoms with E-state index in [0.29, 0.717) is 21.9 Å². The van der Waals surface area contributed by atoms with Crippen molar-refractivity contribution in [2.24, 2.45) is 10.9 Å². The van der Waals surface area contributed by atoms with Crippen molar-refractivity contribution in [3.63, 3.8) is 0 Å². The summed E-state index contributed by atoms with van der Waals surface area (Å²) in [6, 6.07) is 9.00. The van der Waals surface area contributed by atoms with Crippen molar-refractivity contribution in [1.29, 1.82) is 0 Å². The summed E-state index contributed by atoms with van der Waals surface area (Å²) in [6.45, 7) is -0.147. The summed E-state index contributed by atoms with van der Waals surface area (Å²) in [7, 11) is 1.29. The summed E-state index contributed by atoms with van der Waals surface area (Å²) < 4.78 is 4.73. The number of anilines is 2. The molecule has 4 rings (SSSR count). The summed E-state index contributed by atoms with van der Waals surface area (Å²) in [5, 5.41) is 4.43. The second-order valence-corrected chi connectivity index (χ2v) is 7.58. The van der Waals surface area contributed by atoms with Crippen LogP contribution in [0.2, 0.25) is 0 Å². The molecule has 0 bridgehead atoms. The number of nitrogens with one attached hydrogen (secondary N) is 1. The minimum absolute atomic E-state index is 0.102. The second-order valence-electron chi connectivity index (χ2n) is 6.66. The maximum Gasteiger partial charge on any atom is 0.350 e. The fourth-order valence-corrected chi connectivity index (χ4v) is 4.40. The van der Waals surface area contributed by atoms with Crippen LogP contribution in [0, 0.1) is 5.92 Å². The summed E-state index contributed by atoms with van der Waals surface area (Å²) >= 11 is 1.19. The smallest absolute Gasteiger partial charge is 0.350 e. The van der Waals surface area contributed by atoms with E-state index in [1.165, 1.54) is 23.3 Å². The molecular formula is C20H19N3O4S. The molecule has 1 atom stereocenters. The topological polar surface area (TPSA) is 88.1 Å². The van der Waals surface area contributed by atoms with Crippen LogP contribution in [0.1, 0.15) is 28.9 Å². The predicted molar refractivity (Wildman–Crippen MR) is 108 cm³/mol. The molecule has 1 saturated carbocycles. The molecule has 2 aromatic rings. The van der Waals surface area contributed by atoms with E-state index in [1.807, 2.05) is 18.2 Å². The van der Waals surface area contributed by atoms with Crippen molar-refractivity contribution in [2.75, 3.05) is 23.9 Å². The Morgan fingerprint density at radius 3 is 2.96 bits per heavy atom. The van der Waals surface area contributed by atoms with Crippen LogP contribution in [0.3, 0.4) is 0 Å². The first-order chi connectivity index (χ1) is 13.6. The molecule has 144 valence electrons. The van der Waals surface area contributed by atoms with Crippen molar-refractivity contribution < 1.29 is 19.1 Å². The van der Waals surface area contributed by atoms with Gasteiger partial charge in [0.15, 0.2) is 0 Å². The number of fused-ring (bicyclic) bond motifs is 2. The third-order valence-electron chi connectivity index (χ3n) is 4.94. The van der Waals surface area contributed by atoms with E-state index in [-0.39, 0.29) is 24.3 Å². The fourth-order valence-electron chi connectivity index (χ4n) is 3.63. The first-order valence-electron chi connectivity index (χ1n) is 9.02. The zero-order valence-electron chi connectivity index (χ0n) is 15.3. The van der Waals surface area contributed by atoms with Gasteiger partial charge in [-0.15, -0.1) is 11.3 Å². The fraction of sp³-hybridized carbons (Fsp3) is 0.300. The molecule has 1 unspecified atom stereocenters. The third kappa shape index (κ3) is 3.31. The Morgan fingerprint density at radius 2 is 2.14 bits per heavy atom. The normalized spacial score (nSPS) is 18.0. The summed E-state index contributed by atoms with van der Waals surface area (Å²) in [5.74, 6) is -1.26. The molecule has 1 aliphatic heterocycles. The standard InChI is InChI=1S/C20H19N3O4S/c1-27-20(26)18-15(9-10-28-18)22-17(24)11-23-16-8-3-2-6-14(16)21-13-7-4-5-12(13)19(23)25/h2-3,6,8-10,12H,4-5,7,11H2,1H3,(H,22,24). The van der Waals surface area contributed by atoms with Crippen molar-refractivity contribution in [1.82, 2.24) is 0 Å². The number of carbonyl (C=O) groups excluding carboxylic acids is 3. The van der Waals surface area contributed by atoms with Crippen LogP contribution in [-0.4, -0.2) is 37.1 Å². The monoisotopic (exact) mass is 397 g/mol. The maximum atomic E-state index is 13.1. The Labute approximate surface area is 166 Å². The number of aliphatic imine (C=N–C) groups is 1. The Balaban J connectivity index is 1.59. The molecule has 28 heavy (non-hydrogen) atoms. The lowest BCUT2D eigenvalue weighted by atomic mass is 10.1. The summed E-state index contributed by atoms with van der Waals surface area (Å²) in [5.41, 5.74) is 2.61. The number of ether oxygens (including phenoxy) is 1. The SMILES string of the molecule is COC(=O)c1sccc1NC(=O)CN1C(=O)C2CCCC2=Nc2ccccc21. The van der Waals surface area contributed by atoms with Gasteiger partial charge in [-0.2, -0.15) is 0 Å². The largest absolute Gasteiger partial charge is 0.465 e. The number of hydrogen-bond acceptors (Lipinski definition) is 6. The van der Waals surface area contributed by atoms with E-state index in [2.05, 4.69) is 5.32 Å². The number of nitrogens with zero attached hydrogens (tertiary/aromatic N) is 2. The van der Waals surface area contributed by atoms with Gasteiger partial charge in [-0.25, -0.2) is 4.79 Å². The Hall–Kier alpha value is -3.00. The van der Waals surface area contributed by atoms with E-state index in [1.54, 1.807) is 17.5 Å². The Morgan fingerprint density at radius 1 is 1.32 bits per heavy atom. The third-order valence-corrected chi connectivity index (χ3v) is 5.83. The van der Waals surface area contributed by atoms with Gasteiger partial charge in [0.25, 0.3) is 0 Å². The van der Waals surface area contributed by atoms with E-state index in [4.69, 9.17) is 9.73 Å². The Kier molecular flexibility index (Phi) is 4.95. The maximum absolute atomic E-state index is 13.1. The zero-order valence-corrected chi connectivity index (χ0v) is 16.1. The average Bonchev–Trinajstić information content (AvgIpc) is 3.33. The van der Waals surface area contributed by atoms with Crippen LogP contribution >= 0.6 is 11.3 Å². The molecule has 0 saturated heterocycles. The molecule has 1 N–H and O–H groups in total. The second kappa shape index (κ2) is 7.55. The molecule has 1 aromatic heterocycles. The number of esters is 1. The van der Waals surface area contributed by atoms with Gasteiger partial charge in [0, 0.05) is 5.71 Å². The van der Waals surface area contributed by atoms with Gasteiger partial charge >= 0.3 is 5.97 Å². The summed E-state index contributed by atoms with van der Waals surface area (Å²) in [6.07, 6.45) is 2.48. The van der Waals surface area contributed by atoms with Crippen molar-refractivity contribution in [2.45, 2.75) is 19.3 Å². The lowest BCUT2D eigenvalue weighted by molar-refractivity contribution is -0.123.